The minimum atomic E-state index is -1.02. The molecule has 0 spiro atoms. The molecule has 2 N–H and O–H groups in total. The second-order valence-corrected chi connectivity index (χ2v) is 7.27. The van der Waals surface area contributed by atoms with Gasteiger partial charge >= 0.3 is 5.97 Å². The van der Waals surface area contributed by atoms with Crippen LogP contribution in [0.3, 0.4) is 0 Å². The van der Waals surface area contributed by atoms with Crippen LogP contribution in [0.2, 0.25) is 0 Å². The molecule has 0 saturated heterocycles. The predicted molar refractivity (Wildman–Crippen MR) is 102 cm³/mol. The zero-order valence-electron chi connectivity index (χ0n) is 15.4. The van der Waals surface area contributed by atoms with Gasteiger partial charge in [0.2, 0.25) is 0 Å². The Bertz CT molecular complexity index is 770. The molecule has 140 valence electrons. The van der Waals surface area contributed by atoms with Crippen molar-refractivity contribution in [3.05, 3.63) is 34.8 Å². The Morgan fingerprint density at radius 3 is 2.50 bits per heavy atom. The van der Waals surface area contributed by atoms with Gasteiger partial charge in [0.15, 0.2) is 0 Å². The summed E-state index contributed by atoms with van der Waals surface area (Å²) < 4.78 is 5.14. The van der Waals surface area contributed by atoms with Gasteiger partial charge in [0.25, 0.3) is 5.91 Å². The first-order valence-corrected chi connectivity index (χ1v) is 9.32. The highest BCUT2D eigenvalue weighted by Gasteiger charge is 2.25. The fraction of sp³-hybridized carbons (Fsp3) is 0.421. The van der Waals surface area contributed by atoms with E-state index in [1.807, 2.05) is 38.1 Å². The average Bonchev–Trinajstić information content (AvgIpc) is 3.02. The maximum atomic E-state index is 12.6. The third-order valence-corrected chi connectivity index (χ3v) is 5.48. The zero-order chi connectivity index (χ0) is 19.3. The van der Waals surface area contributed by atoms with Gasteiger partial charge in [0, 0.05) is 5.56 Å². The summed E-state index contributed by atoms with van der Waals surface area (Å²) in [6.45, 7) is 5.73. The summed E-state index contributed by atoms with van der Waals surface area (Å²) in [6, 6.07) is 6.52. The Balaban J connectivity index is 2.18. The van der Waals surface area contributed by atoms with E-state index < -0.39 is 17.9 Å². The van der Waals surface area contributed by atoms with E-state index in [0.717, 1.165) is 17.7 Å². The summed E-state index contributed by atoms with van der Waals surface area (Å²) >= 11 is 1.26. The van der Waals surface area contributed by atoms with Crippen molar-refractivity contribution < 1.29 is 19.4 Å². The highest BCUT2D eigenvalue weighted by Crippen LogP contribution is 2.29. The van der Waals surface area contributed by atoms with Crippen molar-refractivity contribution in [1.29, 1.82) is 0 Å². The summed E-state index contributed by atoms with van der Waals surface area (Å²) in [6.07, 6.45) is 1.27. The molecule has 7 heteroatoms. The second-order valence-electron chi connectivity index (χ2n) is 6.28. The number of amides is 1. The number of ether oxygens (including phenoxy) is 1. The number of aryl methyl sites for hydroxylation is 1. The van der Waals surface area contributed by atoms with Crippen LogP contribution in [-0.2, 0) is 4.79 Å². The van der Waals surface area contributed by atoms with Crippen LogP contribution in [0.1, 0.15) is 42.1 Å². The maximum Gasteiger partial charge on any atom is 0.326 e. The number of carboxylic acid groups (broad SMARTS) is 1. The van der Waals surface area contributed by atoms with E-state index in [4.69, 9.17) is 4.74 Å². The third kappa shape index (κ3) is 4.82. The maximum absolute atomic E-state index is 12.6. The summed E-state index contributed by atoms with van der Waals surface area (Å²) in [5.41, 5.74) is 1.47. The van der Waals surface area contributed by atoms with Crippen molar-refractivity contribution in [3.8, 4) is 16.3 Å². The number of carbonyl (C=O) groups excluding carboxylic acids is 1. The van der Waals surface area contributed by atoms with Gasteiger partial charge in [-0.15, -0.1) is 11.3 Å². The van der Waals surface area contributed by atoms with Gasteiger partial charge in [-0.25, -0.2) is 9.78 Å². The SMILES string of the molecule is CCC(C)CC(NC(=O)c1sc(-c2ccc(OC)cc2)nc1C)C(=O)O. The Morgan fingerprint density at radius 2 is 1.96 bits per heavy atom. The van der Waals surface area contributed by atoms with E-state index in [-0.39, 0.29) is 5.92 Å². The Hall–Kier alpha value is -2.41. The van der Waals surface area contributed by atoms with Gasteiger partial charge in [-0.3, -0.25) is 4.79 Å². The number of thiazole rings is 1. The minimum Gasteiger partial charge on any atom is -0.497 e. The van der Waals surface area contributed by atoms with Gasteiger partial charge < -0.3 is 15.2 Å². The van der Waals surface area contributed by atoms with Crippen LogP contribution in [0.15, 0.2) is 24.3 Å². The van der Waals surface area contributed by atoms with Gasteiger partial charge in [-0.2, -0.15) is 0 Å². The fourth-order valence-electron chi connectivity index (χ4n) is 2.48. The third-order valence-electron chi connectivity index (χ3n) is 4.28. The van der Waals surface area contributed by atoms with Crippen molar-refractivity contribution in [3.63, 3.8) is 0 Å². The number of hydrogen-bond acceptors (Lipinski definition) is 5. The number of nitrogens with zero attached hydrogens (tertiary/aromatic N) is 1. The molecule has 2 aromatic rings. The molecule has 0 aliphatic heterocycles. The molecule has 0 fully saturated rings. The topological polar surface area (TPSA) is 88.5 Å². The first-order chi connectivity index (χ1) is 12.3. The lowest BCUT2D eigenvalue weighted by molar-refractivity contribution is -0.139. The number of benzene rings is 1. The standard InChI is InChI=1S/C19H24N2O4S/c1-5-11(2)10-15(19(23)24)21-17(22)16-12(3)20-18(26-16)13-6-8-14(25-4)9-7-13/h6-9,11,15H,5,10H2,1-4H3,(H,21,22)(H,23,24). The molecule has 2 atom stereocenters. The average molecular weight is 376 g/mol. The van der Waals surface area contributed by atoms with Crippen molar-refractivity contribution in [2.45, 2.75) is 39.7 Å². The number of aliphatic carboxylic acids is 1. The van der Waals surface area contributed by atoms with Crippen molar-refractivity contribution in [1.82, 2.24) is 10.3 Å². The van der Waals surface area contributed by atoms with Crippen molar-refractivity contribution in [2.24, 2.45) is 5.92 Å². The van der Waals surface area contributed by atoms with E-state index in [1.54, 1.807) is 14.0 Å². The van der Waals surface area contributed by atoms with Crippen LogP contribution in [0, 0.1) is 12.8 Å². The lowest BCUT2D eigenvalue weighted by atomic mass is 9.99. The van der Waals surface area contributed by atoms with E-state index >= 15 is 0 Å². The number of hydrogen-bond donors (Lipinski definition) is 2. The molecule has 1 heterocycles. The lowest BCUT2D eigenvalue weighted by Gasteiger charge is -2.17. The Kier molecular flexibility index (Phi) is 6.74. The van der Waals surface area contributed by atoms with Crippen LogP contribution >= 0.6 is 11.3 Å². The van der Waals surface area contributed by atoms with Gasteiger partial charge in [0.05, 0.1) is 12.8 Å². The molecular weight excluding hydrogens is 352 g/mol. The molecule has 1 aromatic carbocycles. The quantitative estimate of drug-likeness (QED) is 0.732. The predicted octanol–water partition coefficient (Wildman–Crippen LogP) is 3.75. The summed E-state index contributed by atoms with van der Waals surface area (Å²) in [7, 11) is 1.60. The van der Waals surface area contributed by atoms with Gasteiger partial charge in [-0.05, 0) is 43.5 Å². The molecule has 6 nitrogen and oxygen atoms in total. The molecule has 2 rings (SSSR count). The van der Waals surface area contributed by atoms with Crippen molar-refractivity contribution in [2.75, 3.05) is 7.11 Å². The monoisotopic (exact) mass is 376 g/mol. The number of aromatic nitrogens is 1. The lowest BCUT2D eigenvalue weighted by Crippen LogP contribution is -2.41. The van der Waals surface area contributed by atoms with Crippen LogP contribution < -0.4 is 10.1 Å². The fourth-order valence-corrected chi connectivity index (χ4v) is 3.45. The summed E-state index contributed by atoms with van der Waals surface area (Å²) in [5.74, 6) is -0.449. The normalized spacial score (nSPS) is 13.1. The number of methoxy groups -OCH3 is 1. The summed E-state index contributed by atoms with van der Waals surface area (Å²) in [4.78, 5) is 28.9. The molecule has 0 saturated carbocycles. The number of nitrogens with one attached hydrogen (secondary N) is 1. The number of rotatable bonds is 8. The molecule has 0 radical (unpaired) electrons. The molecule has 0 bridgehead atoms. The van der Waals surface area contributed by atoms with Crippen LogP contribution in [0.4, 0.5) is 0 Å². The van der Waals surface area contributed by atoms with Crippen LogP contribution in [0.5, 0.6) is 5.75 Å². The first kappa shape index (κ1) is 19.9. The Morgan fingerprint density at radius 1 is 1.31 bits per heavy atom. The second kappa shape index (κ2) is 8.80. The zero-order valence-corrected chi connectivity index (χ0v) is 16.2. The van der Waals surface area contributed by atoms with Crippen LogP contribution in [-0.4, -0.2) is 35.1 Å². The molecule has 1 amide bonds. The molecule has 2 unspecified atom stereocenters. The molecule has 26 heavy (non-hydrogen) atoms. The van der Waals surface area contributed by atoms with Gasteiger partial charge in [0.1, 0.15) is 21.7 Å². The highest BCUT2D eigenvalue weighted by molar-refractivity contribution is 7.17. The number of carboxylic acids is 1. The number of carbonyl (C=O) groups is 2. The first-order valence-electron chi connectivity index (χ1n) is 8.51. The van der Waals surface area contributed by atoms with E-state index in [0.29, 0.717) is 22.0 Å². The van der Waals surface area contributed by atoms with Gasteiger partial charge in [-0.1, -0.05) is 20.3 Å². The molecular formula is C19H24N2O4S. The summed E-state index contributed by atoms with van der Waals surface area (Å²) in [5, 5.41) is 12.7. The molecule has 0 aliphatic rings. The Labute approximate surface area is 157 Å². The van der Waals surface area contributed by atoms with E-state index in [1.165, 1.54) is 11.3 Å². The van der Waals surface area contributed by atoms with Crippen molar-refractivity contribution >= 4 is 23.2 Å². The smallest absolute Gasteiger partial charge is 0.326 e. The molecule has 1 aromatic heterocycles. The largest absolute Gasteiger partial charge is 0.497 e. The van der Waals surface area contributed by atoms with E-state index in [2.05, 4.69) is 10.3 Å². The molecule has 0 aliphatic carbocycles. The van der Waals surface area contributed by atoms with Crippen LogP contribution in [0.25, 0.3) is 10.6 Å². The minimum absolute atomic E-state index is 0.216. The highest BCUT2D eigenvalue weighted by atomic mass is 32.1. The van der Waals surface area contributed by atoms with E-state index in [9.17, 15) is 14.7 Å².